The highest BCUT2D eigenvalue weighted by Gasteiger charge is 2.25. The Morgan fingerprint density at radius 3 is 2.05 bits per heavy atom. The number of carbonyl (C=O) groups excluding carboxylic acids is 1. The molecule has 0 heterocycles. The van der Waals surface area contributed by atoms with Gasteiger partial charge in [0.2, 0.25) is 15.9 Å². The minimum atomic E-state index is -3.71. The second-order valence-corrected chi connectivity index (χ2v) is 12.0. The molecular formula is C28H44N4O5S. The van der Waals surface area contributed by atoms with Crippen LogP contribution in [-0.4, -0.2) is 104 Å². The second-order valence-electron chi connectivity index (χ2n) is 10.1. The molecule has 2 aromatic rings. The van der Waals surface area contributed by atoms with Gasteiger partial charge in [-0.15, -0.1) is 0 Å². The van der Waals surface area contributed by atoms with Gasteiger partial charge in [0.25, 0.3) is 0 Å². The predicted molar refractivity (Wildman–Crippen MR) is 153 cm³/mol. The largest absolute Gasteiger partial charge is 0.497 e. The number of methoxy groups -OCH3 is 1. The van der Waals surface area contributed by atoms with Gasteiger partial charge < -0.3 is 24.2 Å². The zero-order chi connectivity index (χ0) is 28.6. The molecule has 0 N–H and O–H groups in total. The van der Waals surface area contributed by atoms with E-state index in [1.807, 2.05) is 0 Å². The van der Waals surface area contributed by atoms with E-state index in [0.29, 0.717) is 23.4 Å². The fraction of sp³-hybridized carbons (Fsp3) is 0.536. The number of hydrogen-bond acceptors (Lipinski definition) is 7. The number of carbonyl (C=O) groups is 1. The number of anilines is 1. The summed E-state index contributed by atoms with van der Waals surface area (Å²) in [5, 5.41) is 0. The Kier molecular flexibility index (Phi) is 11.6. The van der Waals surface area contributed by atoms with Crippen molar-refractivity contribution in [1.29, 1.82) is 0 Å². The molecule has 212 valence electrons. The van der Waals surface area contributed by atoms with Crippen molar-refractivity contribution in [2.75, 3.05) is 80.1 Å². The zero-order valence-corrected chi connectivity index (χ0v) is 25.2. The normalized spacial score (nSPS) is 11.8. The molecule has 2 aromatic carbocycles. The van der Waals surface area contributed by atoms with Crippen molar-refractivity contribution in [2.45, 2.75) is 32.2 Å². The van der Waals surface area contributed by atoms with Gasteiger partial charge in [0.1, 0.15) is 12.4 Å². The van der Waals surface area contributed by atoms with Crippen LogP contribution in [0.3, 0.4) is 0 Å². The molecule has 0 aliphatic heterocycles. The molecule has 0 aliphatic carbocycles. The molecule has 0 saturated carbocycles. The van der Waals surface area contributed by atoms with Crippen LogP contribution < -0.4 is 9.64 Å². The Bertz CT molecular complexity index is 1180. The zero-order valence-electron chi connectivity index (χ0n) is 24.4. The third kappa shape index (κ3) is 8.42. The predicted octanol–water partition coefficient (Wildman–Crippen LogP) is 2.91. The lowest BCUT2D eigenvalue weighted by Gasteiger charge is -2.24. The fourth-order valence-electron chi connectivity index (χ4n) is 4.09. The first kappa shape index (κ1) is 31.6. The smallest absolute Gasteiger partial charge is 0.248 e. The van der Waals surface area contributed by atoms with Gasteiger partial charge in [-0.1, -0.05) is 6.07 Å². The van der Waals surface area contributed by atoms with Crippen molar-refractivity contribution in [2.24, 2.45) is 0 Å². The number of amides is 1. The van der Waals surface area contributed by atoms with Crippen molar-refractivity contribution >= 4 is 21.6 Å². The number of ether oxygens (including phenoxy) is 2. The van der Waals surface area contributed by atoms with E-state index >= 15 is 0 Å². The third-order valence-electron chi connectivity index (χ3n) is 6.60. The topological polar surface area (TPSA) is 82.6 Å². The van der Waals surface area contributed by atoms with Crippen LogP contribution >= 0.6 is 0 Å². The molecular weight excluding hydrogens is 504 g/mol. The quantitative estimate of drug-likeness (QED) is 0.336. The highest BCUT2D eigenvalue weighted by Crippen LogP contribution is 2.27. The van der Waals surface area contributed by atoms with Gasteiger partial charge in [-0.25, -0.2) is 8.42 Å². The van der Waals surface area contributed by atoms with Crippen LogP contribution in [0, 0.1) is 20.8 Å². The van der Waals surface area contributed by atoms with Gasteiger partial charge >= 0.3 is 0 Å². The molecule has 0 bridgehead atoms. The molecule has 0 spiro atoms. The van der Waals surface area contributed by atoms with Crippen LogP contribution in [-0.2, 0) is 26.1 Å². The summed E-state index contributed by atoms with van der Waals surface area (Å²) in [4.78, 5) is 18.9. The molecule has 0 aromatic heterocycles. The molecule has 9 nitrogen and oxygen atoms in total. The summed E-state index contributed by atoms with van der Waals surface area (Å²) in [7, 11) is 7.29. The average molecular weight is 549 g/mol. The van der Waals surface area contributed by atoms with E-state index in [1.165, 1.54) is 11.4 Å². The van der Waals surface area contributed by atoms with Crippen LogP contribution in [0.25, 0.3) is 0 Å². The molecule has 0 unspecified atom stereocenters. The molecule has 10 heteroatoms. The number of aryl methyl sites for hydroxylation is 3. The SMILES string of the molecule is COc1cc(C)c(S(=O)(=O)N(C)CCOCC(=O)N(C)Cc2ccc(N(C)CCN(C)C)cc2C)c(C)c1. The molecule has 0 radical (unpaired) electrons. The van der Waals surface area contributed by atoms with Crippen molar-refractivity contribution in [3.8, 4) is 5.75 Å². The van der Waals surface area contributed by atoms with Crippen LogP contribution in [0.15, 0.2) is 35.2 Å². The summed E-state index contributed by atoms with van der Waals surface area (Å²) < 4.78 is 38.3. The number of benzene rings is 2. The van der Waals surface area contributed by atoms with Gasteiger partial charge in [0.05, 0.1) is 18.6 Å². The summed E-state index contributed by atoms with van der Waals surface area (Å²) in [6.07, 6.45) is 0. The Labute approximate surface area is 229 Å². The first-order chi connectivity index (χ1) is 17.8. The summed E-state index contributed by atoms with van der Waals surface area (Å²) >= 11 is 0. The Hall–Kier alpha value is -2.66. The maximum absolute atomic E-state index is 13.1. The maximum atomic E-state index is 13.1. The fourth-order valence-corrected chi connectivity index (χ4v) is 5.65. The average Bonchev–Trinajstić information content (AvgIpc) is 2.85. The maximum Gasteiger partial charge on any atom is 0.248 e. The van der Waals surface area contributed by atoms with Crippen molar-refractivity contribution in [1.82, 2.24) is 14.1 Å². The number of sulfonamides is 1. The summed E-state index contributed by atoms with van der Waals surface area (Å²) in [5.41, 5.74) is 4.58. The minimum Gasteiger partial charge on any atom is -0.497 e. The highest BCUT2D eigenvalue weighted by atomic mass is 32.2. The van der Waals surface area contributed by atoms with E-state index in [-0.39, 0.29) is 30.6 Å². The van der Waals surface area contributed by atoms with Crippen LogP contribution in [0.1, 0.15) is 22.3 Å². The van der Waals surface area contributed by atoms with E-state index in [1.54, 1.807) is 45.0 Å². The Morgan fingerprint density at radius 2 is 1.50 bits per heavy atom. The van der Waals surface area contributed by atoms with Crippen LogP contribution in [0.4, 0.5) is 5.69 Å². The van der Waals surface area contributed by atoms with E-state index in [4.69, 9.17) is 9.47 Å². The van der Waals surface area contributed by atoms with Crippen molar-refractivity contribution in [3.05, 3.63) is 52.6 Å². The lowest BCUT2D eigenvalue weighted by Crippen LogP contribution is -2.34. The molecule has 0 aliphatic rings. The number of likely N-dealkylation sites (N-methyl/N-ethyl adjacent to an activating group) is 4. The lowest BCUT2D eigenvalue weighted by atomic mass is 10.1. The minimum absolute atomic E-state index is 0.108. The third-order valence-corrected chi connectivity index (χ3v) is 8.76. The summed E-state index contributed by atoms with van der Waals surface area (Å²) in [6.45, 7) is 8.04. The Morgan fingerprint density at radius 1 is 0.868 bits per heavy atom. The van der Waals surface area contributed by atoms with Gasteiger partial charge in [-0.05, 0) is 81.4 Å². The number of hydrogen-bond donors (Lipinski definition) is 0. The number of nitrogens with zero attached hydrogens (tertiary/aromatic N) is 4. The first-order valence-electron chi connectivity index (χ1n) is 12.7. The molecule has 38 heavy (non-hydrogen) atoms. The van der Waals surface area contributed by atoms with E-state index in [9.17, 15) is 13.2 Å². The van der Waals surface area contributed by atoms with Gasteiger partial charge in [-0.3, -0.25) is 4.79 Å². The lowest BCUT2D eigenvalue weighted by molar-refractivity contribution is -0.135. The van der Waals surface area contributed by atoms with Crippen LogP contribution in [0.5, 0.6) is 5.75 Å². The molecule has 1 amide bonds. The van der Waals surface area contributed by atoms with Crippen LogP contribution in [0.2, 0.25) is 0 Å². The van der Waals surface area contributed by atoms with E-state index in [0.717, 1.165) is 29.9 Å². The van der Waals surface area contributed by atoms with Crippen molar-refractivity contribution in [3.63, 3.8) is 0 Å². The summed E-state index contributed by atoms with van der Waals surface area (Å²) in [6, 6.07) is 9.69. The summed E-state index contributed by atoms with van der Waals surface area (Å²) in [5.74, 6) is 0.454. The van der Waals surface area contributed by atoms with E-state index in [2.05, 4.69) is 56.1 Å². The molecule has 2 rings (SSSR count). The van der Waals surface area contributed by atoms with Crippen molar-refractivity contribution < 1.29 is 22.7 Å². The molecule has 0 fully saturated rings. The monoisotopic (exact) mass is 548 g/mol. The number of rotatable bonds is 14. The highest BCUT2D eigenvalue weighted by molar-refractivity contribution is 7.89. The van der Waals surface area contributed by atoms with Gasteiger partial charge in [0, 0.05) is 53.0 Å². The first-order valence-corrected chi connectivity index (χ1v) is 14.1. The second kappa shape index (κ2) is 13.9. The van der Waals surface area contributed by atoms with Gasteiger partial charge in [-0.2, -0.15) is 4.31 Å². The molecule has 0 atom stereocenters. The Balaban J connectivity index is 1.87. The van der Waals surface area contributed by atoms with E-state index < -0.39 is 10.0 Å². The van der Waals surface area contributed by atoms with Gasteiger partial charge in [0.15, 0.2) is 0 Å². The standard InChI is InChI=1S/C28H44N4O5S/c1-21-16-25(30(6)13-12-29(4)5)11-10-24(21)19-31(7)27(33)20-37-15-14-32(8)38(34,35)28-22(2)17-26(36-9)18-23(28)3/h10-11,16-18H,12-15,19-20H2,1-9H3. The molecule has 0 saturated heterocycles.